The van der Waals surface area contributed by atoms with Crippen molar-refractivity contribution in [2.24, 2.45) is 7.05 Å². The van der Waals surface area contributed by atoms with Crippen molar-refractivity contribution in [3.8, 4) is 10.7 Å². The molecule has 0 N–H and O–H groups in total. The molecule has 5 aromatic rings. The molecule has 0 aliphatic rings. The lowest BCUT2D eigenvalue weighted by Gasteiger charge is -2.08. The number of thioether (sulfide) groups is 1. The van der Waals surface area contributed by atoms with Crippen LogP contribution in [0.1, 0.15) is 5.56 Å². The molecule has 0 aliphatic carbocycles. The van der Waals surface area contributed by atoms with Gasteiger partial charge in [0.2, 0.25) is 0 Å². The Hall–Kier alpha value is -2.90. The summed E-state index contributed by atoms with van der Waals surface area (Å²) in [6.07, 6.45) is 0. The van der Waals surface area contributed by atoms with Crippen LogP contribution in [0.3, 0.4) is 0 Å². The molecule has 0 aliphatic heterocycles. The van der Waals surface area contributed by atoms with Crippen molar-refractivity contribution in [3.05, 3.63) is 76.0 Å². The zero-order chi connectivity index (χ0) is 19.1. The van der Waals surface area contributed by atoms with Crippen LogP contribution in [0.15, 0.2) is 74.3 Å². The van der Waals surface area contributed by atoms with Crippen LogP contribution in [-0.4, -0.2) is 14.8 Å². The lowest BCUT2D eigenvalue weighted by atomic mass is 10.0. The highest BCUT2D eigenvalue weighted by Crippen LogP contribution is 2.32. The van der Waals surface area contributed by atoms with E-state index in [0.29, 0.717) is 11.3 Å². The minimum atomic E-state index is -0.337. The van der Waals surface area contributed by atoms with Gasteiger partial charge in [0.1, 0.15) is 5.58 Å². The molecule has 3 heterocycles. The van der Waals surface area contributed by atoms with E-state index in [0.717, 1.165) is 37.6 Å². The maximum Gasteiger partial charge on any atom is 0.336 e. The first-order chi connectivity index (χ1) is 13.7. The zero-order valence-electron chi connectivity index (χ0n) is 15.0. The van der Waals surface area contributed by atoms with E-state index >= 15 is 0 Å². The summed E-state index contributed by atoms with van der Waals surface area (Å²) in [5.74, 6) is 1.45. The molecule has 0 fully saturated rings. The van der Waals surface area contributed by atoms with Gasteiger partial charge < -0.3 is 8.98 Å². The Bertz CT molecular complexity index is 1350. The molecule has 7 heteroatoms. The Morgan fingerprint density at radius 1 is 1.11 bits per heavy atom. The molecular formula is C21H15N3O2S2. The fourth-order valence-electron chi connectivity index (χ4n) is 3.34. The summed E-state index contributed by atoms with van der Waals surface area (Å²) >= 11 is 3.20. The van der Waals surface area contributed by atoms with Crippen LogP contribution in [0.25, 0.3) is 32.4 Å². The highest BCUT2D eigenvalue weighted by molar-refractivity contribution is 7.98. The van der Waals surface area contributed by atoms with Crippen LogP contribution in [0.4, 0.5) is 0 Å². The fourth-order valence-corrected chi connectivity index (χ4v) is 4.97. The first-order valence-electron chi connectivity index (χ1n) is 8.71. The molecule has 0 amide bonds. The van der Waals surface area contributed by atoms with Gasteiger partial charge in [-0.25, -0.2) is 4.79 Å². The Morgan fingerprint density at radius 3 is 2.86 bits per heavy atom. The van der Waals surface area contributed by atoms with E-state index in [1.54, 1.807) is 29.2 Å². The maximum absolute atomic E-state index is 12.1. The van der Waals surface area contributed by atoms with E-state index in [-0.39, 0.29) is 5.63 Å². The zero-order valence-corrected chi connectivity index (χ0v) is 16.6. The highest BCUT2D eigenvalue weighted by Gasteiger charge is 2.14. The Kier molecular flexibility index (Phi) is 4.26. The number of aromatic nitrogens is 3. The molecule has 3 aromatic heterocycles. The Balaban J connectivity index is 1.56. The average Bonchev–Trinajstić information content (AvgIpc) is 3.35. The molecule has 0 unspecified atom stereocenters. The topological polar surface area (TPSA) is 60.9 Å². The minimum Gasteiger partial charge on any atom is -0.423 e. The van der Waals surface area contributed by atoms with Crippen molar-refractivity contribution in [3.63, 3.8) is 0 Å². The second-order valence-corrected chi connectivity index (χ2v) is 8.27. The Labute approximate surface area is 168 Å². The summed E-state index contributed by atoms with van der Waals surface area (Å²) in [5.41, 5.74) is 1.21. The number of hydrogen-bond acceptors (Lipinski definition) is 6. The molecule has 2 aromatic carbocycles. The van der Waals surface area contributed by atoms with E-state index < -0.39 is 0 Å². The van der Waals surface area contributed by atoms with Crippen LogP contribution in [-0.2, 0) is 12.8 Å². The van der Waals surface area contributed by atoms with Gasteiger partial charge in [0, 0.05) is 24.3 Å². The SMILES string of the molecule is Cn1c(SCc2cc(=O)oc3ccc4ccccc4c23)nnc1-c1cccs1. The molecule has 0 spiro atoms. The molecule has 138 valence electrons. The van der Waals surface area contributed by atoms with Crippen molar-refractivity contribution >= 4 is 44.8 Å². The van der Waals surface area contributed by atoms with Crippen LogP contribution in [0.5, 0.6) is 0 Å². The first kappa shape index (κ1) is 17.2. The Morgan fingerprint density at radius 2 is 2.00 bits per heavy atom. The summed E-state index contributed by atoms with van der Waals surface area (Å²) in [6.45, 7) is 0. The molecule has 28 heavy (non-hydrogen) atoms. The van der Waals surface area contributed by atoms with Gasteiger partial charge in [0.25, 0.3) is 0 Å². The van der Waals surface area contributed by atoms with E-state index in [1.165, 1.54) is 0 Å². The molecule has 5 rings (SSSR count). The maximum atomic E-state index is 12.1. The van der Waals surface area contributed by atoms with Gasteiger partial charge in [-0.05, 0) is 33.8 Å². The average molecular weight is 406 g/mol. The van der Waals surface area contributed by atoms with Gasteiger partial charge >= 0.3 is 5.63 Å². The van der Waals surface area contributed by atoms with Crippen LogP contribution < -0.4 is 5.63 Å². The fraction of sp³-hybridized carbons (Fsp3) is 0.0952. The molecule has 0 saturated heterocycles. The third-order valence-electron chi connectivity index (χ3n) is 4.65. The third kappa shape index (κ3) is 2.93. The van der Waals surface area contributed by atoms with Gasteiger partial charge in [0.05, 0.1) is 4.88 Å². The molecular weight excluding hydrogens is 390 g/mol. The minimum absolute atomic E-state index is 0.337. The van der Waals surface area contributed by atoms with E-state index in [9.17, 15) is 4.79 Å². The van der Waals surface area contributed by atoms with Crippen molar-refractivity contribution in [2.45, 2.75) is 10.9 Å². The molecule has 0 bridgehead atoms. The second kappa shape index (κ2) is 6.92. The van der Waals surface area contributed by atoms with E-state index in [4.69, 9.17) is 4.42 Å². The molecule has 0 saturated carbocycles. The van der Waals surface area contributed by atoms with Crippen molar-refractivity contribution in [1.29, 1.82) is 0 Å². The second-order valence-electron chi connectivity index (χ2n) is 6.38. The third-order valence-corrected chi connectivity index (χ3v) is 6.58. The highest BCUT2D eigenvalue weighted by atomic mass is 32.2. The number of hydrogen-bond donors (Lipinski definition) is 0. The molecule has 0 radical (unpaired) electrons. The standard InChI is InChI=1S/C21H15N3O2S2/c1-24-20(17-7-4-10-27-17)22-23-21(24)28-12-14-11-18(25)26-16-9-8-13-5-2-3-6-15(13)19(14)16/h2-11H,12H2,1H3. The lowest BCUT2D eigenvalue weighted by Crippen LogP contribution is -2.01. The summed E-state index contributed by atoms with van der Waals surface area (Å²) in [7, 11) is 1.96. The number of benzene rings is 2. The summed E-state index contributed by atoms with van der Waals surface area (Å²) in [4.78, 5) is 13.2. The largest absolute Gasteiger partial charge is 0.423 e. The van der Waals surface area contributed by atoms with Gasteiger partial charge in [-0.15, -0.1) is 21.5 Å². The molecule has 0 atom stereocenters. The van der Waals surface area contributed by atoms with Crippen molar-refractivity contribution in [1.82, 2.24) is 14.8 Å². The number of nitrogens with zero attached hydrogens (tertiary/aromatic N) is 3. The van der Waals surface area contributed by atoms with Crippen LogP contribution in [0.2, 0.25) is 0 Å². The van der Waals surface area contributed by atoms with Gasteiger partial charge in [0.15, 0.2) is 11.0 Å². The van der Waals surface area contributed by atoms with Crippen LogP contribution >= 0.6 is 23.1 Å². The van der Waals surface area contributed by atoms with Crippen LogP contribution in [0, 0.1) is 0 Å². The van der Waals surface area contributed by atoms with E-state index in [1.807, 2.05) is 53.4 Å². The normalized spacial score (nSPS) is 11.5. The quantitative estimate of drug-likeness (QED) is 0.237. The predicted molar refractivity (Wildman–Crippen MR) is 114 cm³/mol. The monoisotopic (exact) mass is 405 g/mol. The van der Waals surface area contributed by atoms with Gasteiger partial charge in [-0.3, -0.25) is 0 Å². The number of fused-ring (bicyclic) bond motifs is 3. The van der Waals surface area contributed by atoms with E-state index in [2.05, 4.69) is 22.3 Å². The van der Waals surface area contributed by atoms with Gasteiger partial charge in [-0.2, -0.15) is 0 Å². The number of thiophene rings is 1. The number of rotatable bonds is 4. The van der Waals surface area contributed by atoms with Crippen molar-refractivity contribution in [2.75, 3.05) is 0 Å². The molecule has 5 nitrogen and oxygen atoms in total. The first-order valence-corrected chi connectivity index (χ1v) is 10.6. The summed E-state index contributed by atoms with van der Waals surface area (Å²) < 4.78 is 7.43. The lowest BCUT2D eigenvalue weighted by molar-refractivity contribution is 0.560. The van der Waals surface area contributed by atoms with Gasteiger partial charge in [-0.1, -0.05) is 48.2 Å². The predicted octanol–water partition coefficient (Wildman–Crippen LogP) is 5.10. The summed E-state index contributed by atoms with van der Waals surface area (Å²) in [6, 6.07) is 17.6. The summed E-state index contributed by atoms with van der Waals surface area (Å²) in [5, 5.41) is 14.7. The van der Waals surface area contributed by atoms with Crippen molar-refractivity contribution < 1.29 is 4.42 Å². The smallest absolute Gasteiger partial charge is 0.336 e.